The van der Waals surface area contributed by atoms with Crippen molar-refractivity contribution in [1.82, 2.24) is 5.32 Å². The Labute approximate surface area is 164 Å². The molecule has 0 radical (unpaired) electrons. The van der Waals surface area contributed by atoms with Crippen molar-refractivity contribution in [3.63, 3.8) is 0 Å². The third-order valence-electron chi connectivity index (χ3n) is 7.36. The lowest BCUT2D eigenvalue weighted by Gasteiger charge is -2.55. The molecule has 2 atom stereocenters. The Morgan fingerprint density at radius 2 is 1.96 bits per heavy atom. The molecule has 146 valence electrons. The van der Waals surface area contributed by atoms with Gasteiger partial charge < -0.3 is 15.2 Å². The summed E-state index contributed by atoms with van der Waals surface area (Å²) in [7, 11) is 1.74. The Hall–Kier alpha value is -0.770. The first-order valence-corrected chi connectivity index (χ1v) is 10.3. The Morgan fingerprint density at radius 3 is 2.69 bits per heavy atom. The second-order valence-corrected chi connectivity index (χ2v) is 8.59. The van der Waals surface area contributed by atoms with Crippen LogP contribution in [0.5, 0.6) is 5.75 Å². The number of hydrogen-bond acceptors (Lipinski definition) is 3. The highest BCUT2D eigenvalue weighted by Gasteiger charge is 2.54. The largest absolute Gasteiger partial charge is 0.497 e. The fourth-order valence-corrected chi connectivity index (χ4v) is 5.55. The number of methoxy groups -OCH3 is 1. The number of aliphatic hydroxyl groups is 1. The van der Waals surface area contributed by atoms with E-state index in [2.05, 4.69) is 23.5 Å². The average Bonchev–Trinajstić information content (AvgIpc) is 2.60. The number of halogens is 1. The molecule has 0 aromatic heterocycles. The van der Waals surface area contributed by atoms with Gasteiger partial charge in [-0.2, -0.15) is 0 Å². The minimum absolute atomic E-state index is 0. The lowest BCUT2D eigenvalue weighted by atomic mass is 9.53. The van der Waals surface area contributed by atoms with Crippen molar-refractivity contribution in [2.24, 2.45) is 5.92 Å². The van der Waals surface area contributed by atoms with Crippen molar-refractivity contribution < 1.29 is 9.84 Å². The van der Waals surface area contributed by atoms with Gasteiger partial charge in [-0.15, -0.1) is 12.4 Å². The van der Waals surface area contributed by atoms with Gasteiger partial charge in [-0.05, 0) is 87.2 Å². The SMILES string of the molecule is COc1ccc2c(c1)[C@]1(CCNCC3CCC3)CCCC[C@]1(O)CC2.Cl. The number of rotatable bonds is 6. The summed E-state index contributed by atoms with van der Waals surface area (Å²) in [6.45, 7) is 2.16. The molecule has 2 N–H and O–H groups in total. The summed E-state index contributed by atoms with van der Waals surface area (Å²) in [5.41, 5.74) is 2.15. The maximum atomic E-state index is 11.6. The standard InChI is InChI=1S/C22H33NO2.ClH/c1-25-19-8-7-18-9-12-22(24)11-3-2-10-21(22,20(18)15-19)13-14-23-16-17-5-4-6-17;/h7-8,15,17,23-24H,2-6,9-14,16H2,1H3;1H/t21-,22+;/m1./s1. The first kappa shape index (κ1) is 20.0. The maximum Gasteiger partial charge on any atom is 0.119 e. The quantitative estimate of drug-likeness (QED) is 0.720. The van der Waals surface area contributed by atoms with Crippen LogP contribution in [0.4, 0.5) is 0 Å². The van der Waals surface area contributed by atoms with Crippen LogP contribution in [0.3, 0.4) is 0 Å². The van der Waals surface area contributed by atoms with Crippen molar-refractivity contribution in [2.75, 3.05) is 20.2 Å². The maximum absolute atomic E-state index is 11.6. The van der Waals surface area contributed by atoms with E-state index in [4.69, 9.17) is 4.74 Å². The Kier molecular flexibility index (Phi) is 6.21. The summed E-state index contributed by atoms with van der Waals surface area (Å²) < 4.78 is 5.52. The Balaban J connectivity index is 0.00000196. The van der Waals surface area contributed by atoms with E-state index in [0.29, 0.717) is 0 Å². The lowest BCUT2D eigenvalue weighted by molar-refractivity contribution is -0.0869. The van der Waals surface area contributed by atoms with Crippen LogP contribution >= 0.6 is 12.4 Å². The van der Waals surface area contributed by atoms with E-state index in [1.165, 1.54) is 36.8 Å². The zero-order valence-corrected chi connectivity index (χ0v) is 16.9. The van der Waals surface area contributed by atoms with Crippen LogP contribution in [0.25, 0.3) is 0 Å². The molecule has 3 nitrogen and oxygen atoms in total. The molecule has 1 aromatic carbocycles. The molecular weight excluding hydrogens is 346 g/mol. The van der Waals surface area contributed by atoms with E-state index >= 15 is 0 Å². The van der Waals surface area contributed by atoms with Crippen molar-refractivity contribution in [3.8, 4) is 5.75 Å². The van der Waals surface area contributed by atoms with E-state index in [1.807, 2.05) is 0 Å². The Bertz CT molecular complexity index is 618. The first-order chi connectivity index (χ1) is 12.2. The van der Waals surface area contributed by atoms with Crippen LogP contribution < -0.4 is 10.1 Å². The molecule has 0 amide bonds. The van der Waals surface area contributed by atoms with Gasteiger partial charge in [0.1, 0.15) is 5.75 Å². The van der Waals surface area contributed by atoms with E-state index in [-0.39, 0.29) is 17.8 Å². The number of hydrogen-bond donors (Lipinski definition) is 2. The van der Waals surface area contributed by atoms with Crippen molar-refractivity contribution >= 4 is 12.4 Å². The molecule has 0 saturated heterocycles. The highest BCUT2D eigenvalue weighted by Crippen LogP contribution is 2.55. The van der Waals surface area contributed by atoms with Crippen LogP contribution in [0, 0.1) is 5.92 Å². The monoisotopic (exact) mass is 379 g/mol. The summed E-state index contributed by atoms with van der Waals surface area (Å²) in [4.78, 5) is 0. The molecule has 26 heavy (non-hydrogen) atoms. The van der Waals surface area contributed by atoms with Gasteiger partial charge in [0.2, 0.25) is 0 Å². The molecule has 2 saturated carbocycles. The van der Waals surface area contributed by atoms with E-state index in [9.17, 15) is 5.11 Å². The summed E-state index contributed by atoms with van der Waals surface area (Å²) in [5, 5.41) is 15.3. The summed E-state index contributed by atoms with van der Waals surface area (Å²) >= 11 is 0. The second kappa shape index (κ2) is 8.08. The number of ether oxygens (including phenoxy) is 1. The Morgan fingerprint density at radius 1 is 1.15 bits per heavy atom. The first-order valence-electron chi connectivity index (χ1n) is 10.3. The van der Waals surface area contributed by atoms with Gasteiger partial charge in [-0.25, -0.2) is 0 Å². The van der Waals surface area contributed by atoms with Gasteiger partial charge in [0.25, 0.3) is 0 Å². The lowest BCUT2D eigenvalue weighted by Crippen LogP contribution is -2.57. The zero-order valence-electron chi connectivity index (χ0n) is 16.1. The number of nitrogens with one attached hydrogen (secondary N) is 1. The van der Waals surface area contributed by atoms with E-state index in [1.54, 1.807) is 7.11 Å². The fraction of sp³-hybridized carbons (Fsp3) is 0.727. The van der Waals surface area contributed by atoms with Gasteiger partial charge in [0, 0.05) is 5.41 Å². The third-order valence-corrected chi connectivity index (χ3v) is 7.36. The molecule has 0 heterocycles. The fourth-order valence-electron chi connectivity index (χ4n) is 5.55. The van der Waals surface area contributed by atoms with Crippen molar-refractivity contribution in [2.45, 2.75) is 75.2 Å². The minimum Gasteiger partial charge on any atom is -0.497 e. The molecule has 0 aliphatic heterocycles. The molecule has 3 aliphatic carbocycles. The number of benzene rings is 1. The van der Waals surface area contributed by atoms with Crippen LogP contribution in [0.2, 0.25) is 0 Å². The van der Waals surface area contributed by atoms with Crippen molar-refractivity contribution in [1.29, 1.82) is 0 Å². The number of fused-ring (bicyclic) bond motifs is 3. The normalized spacial score (nSPS) is 30.5. The zero-order chi connectivity index (χ0) is 17.3. The van der Waals surface area contributed by atoms with Crippen LogP contribution in [0.1, 0.15) is 68.9 Å². The molecule has 0 bridgehead atoms. The summed E-state index contributed by atoms with van der Waals surface area (Å²) in [6, 6.07) is 6.52. The van der Waals surface area contributed by atoms with Crippen LogP contribution in [0.15, 0.2) is 18.2 Å². The summed E-state index contributed by atoms with van der Waals surface area (Å²) in [5.74, 6) is 1.82. The van der Waals surface area contributed by atoms with E-state index in [0.717, 1.165) is 63.3 Å². The molecular formula is C22H34ClNO2. The average molecular weight is 380 g/mol. The molecule has 4 rings (SSSR count). The van der Waals surface area contributed by atoms with Gasteiger partial charge in [-0.3, -0.25) is 0 Å². The van der Waals surface area contributed by atoms with Gasteiger partial charge >= 0.3 is 0 Å². The molecule has 2 fully saturated rings. The van der Waals surface area contributed by atoms with Gasteiger partial charge in [0.05, 0.1) is 12.7 Å². The van der Waals surface area contributed by atoms with Crippen molar-refractivity contribution in [3.05, 3.63) is 29.3 Å². The minimum atomic E-state index is -0.539. The van der Waals surface area contributed by atoms with Gasteiger partial charge in [-0.1, -0.05) is 25.3 Å². The predicted octanol–water partition coefficient (Wildman–Crippen LogP) is 4.39. The third kappa shape index (κ3) is 3.39. The highest BCUT2D eigenvalue weighted by atomic mass is 35.5. The second-order valence-electron chi connectivity index (χ2n) is 8.59. The summed E-state index contributed by atoms with van der Waals surface area (Å²) in [6.07, 6.45) is 11.6. The van der Waals surface area contributed by atoms with Gasteiger partial charge in [0.15, 0.2) is 0 Å². The molecule has 0 spiro atoms. The molecule has 0 unspecified atom stereocenters. The van der Waals surface area contributed by atoms with Crippen LogP contribution in [-0.4, -0.2) is 30.9 Å². The van der Waals surface area contributed by atoms with Crippen LogP contribution in [-0.2, 0) is 11.8 Å². The predicted molar refractivity (Wildman–Crippen MR) is 108 cm³/mol. The number of aryl methyl sites for hydroxylation is 1. The molecule has 1 aromatic rings. The van der Waals surface area contributed by atoms with E-state index < -0.39 is 5.60 Å². The molecule has 4 heteroatoms. The smallest absolute Gasteiger partial charge is 0.119 e. The molecule has 3 aliphatic rings. The topological polar surface area (TPSA) is 41.5 Å². The highest BCUT2D eigenvalue weighted by molar-refractivity contribution is 5.85.